The van der Waals surface area contributed by atoms with E-state index in [1.807, 2.05) is 23.1 Å². The first-order valence-corrected chi connectivity index (χ1v) is 6.33. The molecule has 1 aliphatic rings. The van der Waals surface area contributed by atoms with Gasteiger partial charge in [-0.05, 0) is 24.8 Å². The Kier molecular flexibility index (Phi) is 4.15. The number of rotatable bonds is 3. The molecule has 0 aliphatic carbocycles. The molecule has 17 heavy (non-hydrogen) atoms. The van der Waals surface area contributed by atoms with E-state index in [-0.39, 0.29) is 11.9 Å². The van der Waals surface area contributed by atoms with Gasteiger partial charge in [0.15, 0.2) is 0 Å². The second kappa shape index (κ2) is 5.82. The molecular formula is C14H20N2O. The quantitative estimate of drug-likeness (QED) is 0.860. The van der Waals surface area contributed by atoms with E-state index >= 15 is 0 Å². The number of carbonyl (C=O) groups excluding carboxylic acids is 1. The Bertz CT molecular complexity index is 364. The number of benzene rings is 1. The van der Waals surface area contributed by atoms with Crippen LogP contribution in [0.5, 0.6) is 0 Å². The fraction of sp³-hybridized carbons (Fsp3) is 0.500. The van der Waals surface area contributed by atoms with Crippen LogP contribution in [0.2, 0.25) is 0 Å². The van der Waals surface area contributed by atoms with Gasteiger partial charge in [-0.25, -0.2) is 0 Å². The molecule has 3 heteroatoms. The summed E-state index contributed by atoms with van der Waals surface area (Å²) >= 11 is 0. The Balaban J connectivity index is 1.81. The zero-order valence-electron chi connectivity index (χ0n) is 10.1. The number of hydrogen-bond donors (Lipinski definition) is 1. The lowest BCUT2D eigenvalue weighted by Crippen LogP contribution is -2.45. The van der Waals surface area contributed by atoms with Crippen LogP contribution in [0.25, 0.3) is 0 Å². The number of likely N-dealkylation sites (tertiary alicyclic amines) is 1. The molecule has 1 heterocycles. The maximum absolute atomic E-state index is 12.0. The van der Waals surface area contributed by atoms with Crippen molar-refractivity contribution >= 4 is 5.91 Å². The van der Waals surface area contributed by atoms with Crippen molar-refractivity contribution in [2.45, 2.75) is 31.7 Å². The van der Waals surface area contributed by atoms with Crippen LogP contribution in [-0.2, 0) is 11.2 Å². The lowest BCUT2D eigenvalue weighted by molar-refractivity contribution is -0.132. The number of nitrogens with two attached hydrogens (primary N) is 1. The number of carbonyl (C=O) groups is 1. The van der Waals surface area contributed by atoms with Gasteiger partial charge in [-0.15, -0.1) is 0 Å². The maximum atomic E-state index is 12.0. The molecule has 0 spiro atoms. The van der Waals surface area contributed by atoms with Crippen LogP contribution in [0.4, 0.5) is 0 Å². The van der Waals surface area contributed by atoms with Crippen LogP contribution in [-0.4, -0.2) is 29.9 Å². The summed E-state index contributed by atoms with van der Waals surface area (Å²) in [5.41, 5.74) is 7.10. The lowest BCUT2D eigenvalue weighted by atomic mass is 10.0. The molecule has 1 aromatic rings. The number of nitrogens with zero attached hydrogens (tertiary/aromatic N) is 1. The van der Waals surface area contributed by atoms with Crippen LogP contribution in [0.3, 0.4) is 0 Å². The monoisotopic (exact) mass is 232 g/mol. The van der Waals surface area contributed by atoms with Gasteiger partial charge in [0.1, 0.15) is 0 Å². The summed E-state index contributed by atoms with van der Waals surface area (Å²) in [6, 6.07) is 10.3. The van der Waals surface area contributed by atoms with E-state index in [0.29, 0.717) is 6.42 Å². The van der Waals surface area contributed by atoms with Crippen molar-refractivity contribution < 1.29 is 4.79 Å². The number of piperidine rings is 1. The van der Waals surface area contributed by atoms with Gasteiger partial charge in [-0.1, -0.05) is 30.3 Å². The average Bonchev–Trinajstić information content (AvgIpc) is 2.37. The van der Waals surface area contributed by atoms with Gasteiger partial charge in [-0.3, -0.25) is 4.79 Å². The Labute approximate surface area is 103 Å². The van der Waals surface area contributed by atoms with Gasteiger partial charge in [0.05, 0.1) is 0 Å². The van der Waals surface area contributed by atoms with Crippen molar-refractivity contribution in [2.24, 2.45) is 5.73 Å². The zero-order chi connectivity index (χ0) is 12.1. The highest BCUT2D eigenvalue weighted by Gasteiger charge is 2.20. The standard InChI is InChI=1S/C14H20N2O/c15-13-7-4-10-16(11-13)14(17)9-8-12-5-2-1-3-6-12/h1-3,5-6,13H,4,7-11,15H2/t13-/m1/s1. The number of hydrogen-bond acceptors (Lipinski definition) is 2. The van der Waals surface area contributed by atoms with E-state index in [2.05, 4.69) is 12.1 Å². The van der Waals surface area contributed by atoms with Gasteiger partial charge in [-0.2, -0.15) is 0 Å². The Morgan fingerprint density at radius 1 is 1.35 bits per heavy atom. The van der Waals surface area contributed by atoms with Gasteiger partial charge in [0.2, 0.25) is 5.91 Å². The van der Waals surface area contributed by atoms with Gasteiger partial charge < -0.3 is 10.6 Å². The second-order valence-corrected chi connectivity index (χ2v) is 4.73. The molecule has 92 valence electrons. The van der Waals surface area contributed by atoms with Crippen molar-refractivity contribution in [3.8, 4) is 0 Å². The molecule has 2 rings (SSSR count). The van der Waals surface area contributed by atoms with E-state index < -0.39 is 0 Å². The molecule has 1 fully saturated rings. The fourth-order valence-corrected chi connectivity index (χ4v) is 2.29. The lowest BCUT2D eigenvalue weighted by Gasteiger charge is -2.30. The number of aryl methyl sites for hydroxylation is 1. The Morgan fingerprint density at radius 3 is 2.82 bits per heavy atom. The third-order valence-corrected chi connectivity index (χ3v) is 3.28. The molecule has 0 saturated carbocycles. The van der Waals surface area contributed by atoms with E-state index in [9.17, 15) is 4.79 Å². The summed E-state index contributed by atoms with van der Waals surface area (Å²) in [4.78, 5) is 13.9. The summed E-state index contributed by atoms with van der Waals surface area (Å²) in [6.45, 7) is 1.61. The smallest absolute Gasteiger partial charge is 0.222 e. The molecule has 1 aromatic carbocycles. The SMILES string of the molecule is N[C@@H]1CCCN(C(=O)CCc2ccccc2)C1. The molecular weight excluding hydrogens is 212 g/mol. The minimum absolute atomic E-state index is 0.171. The first-order chi connectivity index (χ1) is 8.25. The van der Waals surface area contributed by atoms with E-state index in [1.54, 1.807) is 0 Å². The normalized spacial score (nSPS) is 20.3. The predicted molar refractivity (Wildman–Crippen MR) is 68.6 cm³/mol. The highest BCUT2D eigenvalue weighted by Crippen LogP contribution is 2.11. The molecule has 1 saturated heterocycles. The van der Waals surface area contributed by atoms with Crippen LogP contribution in [0.15, 0.2) is 30.3 Å². The summed E-state index contributed by atoms with van der Waals surface area (Å²) in [5.74, 6) is 0.240. The molecule has 0 radical (unpaired) electrons. The van der Waals surface area contributed by atoms with Gasteiger partial charge in [0, 0.05) is 25.6 Å². The highest BCUT2D eigenvalue weighted by molar-refractivity contribution is 5.76. The van der Waals surface area contributed by atoms with Crippen molar-refractivity contribution in [1.82, 2.24) is 4.90 Å². The largest absolute Gasteiger partial charge is 0.341 e. The predicted octanol–water partition coefficient (Wildman–Crippen LogP) is 1.57. The third-order valence-electron chi connectivity index (χ3n) is 3.28. The van der Waals surface area contributed by atoms with Crippen LogP contribution < -0.4 is 5.73 Å². The molecule has 0 unspecified atom stereocenters. The maximum Gasteiger partial charge on any atom is 0.222 e. The molecule has 0 aromatic heterocycles. The van der Waals surface area contributed by atoms with E-state index in [1.165, 1.54) is 5.56 Å². The Morgan fingerprint density at radius 2 is 2.12 bits per heavy atom. The van der Waals surface area contributed by atoms with Crippen LogP contribution in [0.1, 0.15) is 24.8 Å². The van der Waals surface area contributed by atoms with E-state index in [4.69, 9.17) is 5.73 Å². The molecule has 1 aliphatic heterocycles. The minimum atomic E-state index is 0.171. The van der Waals surface area contributed by atoms with Crippen LogP contribution in [0, 0.1) is 0 Å². The molecule has 1 atom stereocenters. The topological polar surface area (TPSA) is 46.3 Å². The summed E-state index contributed by atoms with van der Waals surface area (Å²) in [5, 5.41) is 0. The molecule has 3 nitrogen and oxygen atoms in total. The molecule has 1 amide bonds. The first-order valence-electron chi connectivity index (χ1n) is 6.33. The van der Waals surface area contributed by atoms with Gasteiger partial charge >= 0.3 is 0 Å². The van der Waals surface area contributed by atoms with Crippen molar-refractivity contribution in [3.05, 3.63) is 35.9 Å². The Hall–Kier alpha value is -1.35. The van der Waals surface area contributed by atoms with Crippen molar-refractivity contribution in [3.63, 3.8) is 0 Å². The van der Waals surface area contributed by atoms with E-state index in [0.717, 1.165) is 32.4 Å². The minimum Gasteiger partial charge on any atom is -0.341 e. The first kappa shape index (κ1) is 12.1. The summed E-state index contributed by atoms with van der Waals surface area (Å²) in [7, 11) is 0. The van der Waals surface area contributed by atoms with Crippen molar-refractivity contribution in [2.75, 3.05) is 13.1 Å². The summed E-state index contributed by atoms with van der Waals surface area (Å²) in [6.07, 6.45) is 3.50. The van der Waals surface area contributed by atoms with Gasteiger partial charge in [0.25, 0.3) is 0 Å². The summed E-state index contributed by atoms with van der Waals surface area (Å²) < 4.78 is 0. The molecule has 0 bridgehead atoms. The third kappa shape index (κ3) is 3.56. The molecule has 2 N–H and O–H groups in total. The average molecular weight is 232 g/mol. The fourth-order valence-electron chi connectivity index (χ4n) is 2.29. The van der Waals surface area contributed by atoms with Crippen LogP contribution >= 0.6 is 0 Å². The second-order valence-electron chi connectivity index (χ2n) is 4.73. The van der Waals surface area contributed by atoms with Crippen molar-refractivity contribution in [1.29, 1.82) is 0 Å². The number of amides is 1. The zero-order valence-corrected chi connectivity index (χ0v) is 10.1. The highest BCUT2D eigenvalue weighted by atomic mass is 16.2.